The number of benzene rings is 2. The molecular weight excluding hydrogens is 435 g/mol. The predicted molar refractivity (Wildman–Crippen MR) is 119 cm³/mol. The lowest BCUT2D eigenvalue weighted by atomic mass is 10.2. The van der Waals surface area contributed by atoms with Gasteiger partial charge in [-0.15, -0.1) is 11.3 Å². The zero-order valence-electron chi connectivity index (χ0n) is 17.4. The van der Waals surface area contributed by atoms with E-state index in [-0.39, 0.29) is 24.0 Å². The molecule has 4 rings (SSSR count). The summed E-state index contributed by atoms with van der Waals surface area (Å²) in [7, 11) is 0. The van der Waals surface area contributed by atoms with Gasteiger partial charge in [0.2, 0.25) is 0 Å². The molecule has 1 saturated heterocycles. The Morgan fingerprint density at radius 3 is 2.41 bits per heavy atom. The maximum Gasteiger partial charge on any atom is 0.269 e. The molecule has 3 aromatic rings. The van der Waals surface area contributed by atoms with Crippen molar-refractivity contribution in [2.45, 2.75) is 13.5 Å². The fourth-order valence-corrected chi connectivity index (χ4v) is 4.43. The summed E-state index contributed by atoms with van der Waals surface area (Å²) >= 11 is 1.31. The Morgan fingerprint density at radius 1 is 1.12 bits per heavy atom. The van der Waals surface area contributed by atoms with Gasteiger partial charge < -0.3 is 14.5 Å². The van der Waals surface area contributed by atoms with Crippen molar-refractivity contribution in [2.24, 2.45) is 0 Å². The second kappa shape index (κ2) is 9.31. The normalized spacial score (nSPS) is 13.8. The monoisotopic (exact) mass is 456 g/mol. The van der Waals surface area contributed by atoms with Gasteiger partial charge in [-0.1, -0.05) is 0 Å². The number of halogens is 1. The zero-order chi connectivity index (χ0) is 22.7. The fourth-order valence-electron chi connectivity index (χ4n) is 3.48. The minimum absolute atomic E-state index is 0.0578. The number of nitro groups is 1. The standard InChI is InChI=1S/C22H21FN4O4S/c1-15-21(32-20(24-15)14-31-19-8-2-16(23)3-9-19)22(28)26-12-10-25(11-13-26)17-4-6-18(7-5-17)27(29)30/h2-9H,10-14H2,1H3. The number of nitrogens with zero attached hydrogens (tertiary/aromatic N) is 4. The topological polar surface area (TPSA) is 88.8 Å². The van der Waals surface area contributed by atoms with E-state index in [2.05, 4.69) is 9.88 Å². The van der Waals surface area contributed by atoms with Crippen LogP contribution in [0.3, 0.4) is 0 Å². The molecule has 2 aromatic carbocycles. The first-order chi connectivity index (χ1) is 15.4. The van der Waals surface area contributed by atoms with E-state index in [0.717, 1.165) is 5.69 Å². The number of anilines is 1. The summed E-state index contributed by atoms with van der Waals surface area (Å²) in [6.45, 7) is 4.39. The summed E-state index contributed by atoms with van der Waals surface area (Å²) in [5.41, 5.74) is 1.62. The molecule has 10 heteroatoms. The Labute approximate surface area is 188 Å². The number of ether oxygens (including phenoxy) is 1. The molecule has 2 heterocycles. The molecule has 1 amide bonds. The number of nitro benzene ring substituents is 1. The first-order valence-electron chi connectivity index (χ1n) is 10.0. The molecular formula is C22H21FN4O4S. The molecule has 1 fully saturated rings. The summed E-state index contributed by atoms with van der Waals surface area (Å²) < 4.78 is 18.6. The first-order valence-corrected chi connectivity index (χ1v) is 10.9. The molecule has 166 valence electrons. The SMILES string of the molecule is Cc1nc(COc2ccc(F)cc2)sc1C(=O)N1CCN(c2ccc([N+](=O)[O-])cc2)CC1. The van der Waals surface area contributed by atoms with Crippen LogP contribution in [-0.2, 0) is 6.61 Å². The third-order valence-electron chi connectivity index (χ3n) is 5.20. The van der Waals surface area contributed by atoms with Crippen LogP contribution in [0.5, 0.6) is 5.75 Å². The average Bonchev–Trinajstić information content (AvgIpc) is 3.19. The van der Waals surface area contributed by atoms with Crippen LogP contribution >= 0.6 is 11.3 Å². The molecule has 1 aliphatic rings. The van der Waals surface area contributed by atoms with Crippen molar-refractivity contribution in [3.8, 4) is 5.75 Å². The van der Waals surface area contributed by atoms with E-state index in [4.69, 9.17) is 4.74 Å². The van der Waals surface area contributed by atoms with Gasteiger partial charge in [-0.2, -0.15) is 0 Å². The van der Waals surface area contributed by atoms with Crippen LogP contribution in [-0.4, -0.2) is 46.9 Å². The number of hydrogen-bond donors (Lipinski definition) is 0. The number of piperazine rings is 1. The minimum Gasteiger partial charge on any atom is -0.486 e. The maximum absolute atomic E-state index is 13.0. The summed E-state index contributed by atoms with van der Waals surface area (Å²) in [5, 5.41) is 11.5. The van der Waals surface area contributed by atoms with Crippen LogP contribution in [0, 0.1) is 22.9 Å². The molecule has 32 heavy (non-hydrogen) atoms. The molecule has 0 N–H and O–H groups in total. The third-order valence-corrected chi connectivity index (χ3v) is 6.32. The lowest BCUT2D eigenvalue weighted by molar-refractivity contribution is -0.384. The number of thiazole rings is 1. The summed E-state index contributed by atoms with van der Waals surface area (Å²) in [6, 6.07) is 12.2. The lowest BCUT2D eigenvalue weighted by Crippen LogP contribution is -2.48. The third kappa shape index (κ3) is 4.86. The average molecular weight is 456 g/mol. The van der Waals surface area contributed by atoms with E-state index in [0.29, 0.717) is 47.5 Å². The van der Waals surface area contributed by atoms with Crippen molar-refractivity contribution in [3.63, 3.8) is 0 Å². The molecule has 0 saturated carbocycles. The van der Waals surface area contributed by atoms with Gasteiger partial charge in [-0.3, -0.25) is 14.9 Å². The van der Waals surface area contributed by atoms with Crippen molar-refractivity contribution < 1.29 is 18.8 Å². The molecule has 8 nitrogen and oxygen atoms in total. The van der Waals surface area contributed by atoms with Gasteiger partial charge in [0.1, 0.15) is 28.1 Å². The maximum atomic E-state index is 13.0. The number of aryl methyl sites for hydroxylation is 1. The van der Waals surface area contributed by atoms with Crippen molar-refractivity contribution in [1.82, 2.24) is 9.88 Å². The molecule has 1 aromatic heterocycles. The van der Waals surface area contributed by atoms with Crippen molar-refractivity contribution in [3.05, 3.63) is 80.0 Å². The number of carbonyl (C=O) groups is 1. The quantitative estimate of drug-likeness (QED) is 0.411. The van der Waals surface area contributed by atoms with Crippen LogP contribution in [0.4, 0.5) is 15.8 Å². The number of amides is 1. The van der Waals surface area contributed by atoms with Gasteiger partial charge in [0.05, 0.1) is 10.6 Å². The lowest BCUT2D eigenvalue weighted by Gasteiger charge is -2.36. The van der Waals surface area contributed by atoms with Crippen LogP contribution in [0.15, 0.2) is 48.5 Å². The van der Waals surface area contributed by atoms with Crippen molar-refractivity contribution in [1.29, 1.82) is 0 Å². The number of non-ortho nitro benzene ring substituents is 1. The Morgan fingerprint density at radius 2 is 1.78 bits per heavy atom. The highest BCUT2D eigenvalue weighted by molar-refractivity contribution is 7.13. The highest BCUT2D eigenvalue weighted by Crippen LogP contribution is 2.24. The molecule has 0 bridgehead atoms. The van der Waals surface area contributed by atoms with Gasteiger partial charge in [0, 0.05) is 44.0 Å². The summed E-state index contributed by atoms with van der Waals surface area (Å²) in [6.07, 6.45) is 0. The number of rotatable bonds is 6. The largest absolute Gasteiger partial charge is 0.486 e. The highest BCUT2D eigenvalue weighted by atomic mass is 32.1. The van der Waals surface area contributed by atoms with Crippen molar-refractivity contribution >= 4 is 28.6 Å². The van der Waals surface area contributed by atoms with Gasteiger partial charge in [-0.05, 0) is 43.3 Å². The van der Waals surface area contributed by atoms with E-state index in [1.165, 1.54) is 35.6 Å². The van der Waals surface area contributed by atoms with Gasteiger partial charge in [0.15, 0.2) is 0 Å². The zero-order valence-corrected chi connectivity index (χ0v) is 18.2. The molecule has 0 atom stereocenters. The number of hydrogen-bond acceptors (Lipinski definition) is 7. The number of carbonyl (C=O) groups excluding carboxylic acids is 1. The Hall–Kier alpha value is -3.53. The molecule has 0 spiro atoms. The number of aromatic nitrogens is 1. The summed E-state index contributed by atoms with van der Waals surface area (Å²) in [5.74, 6) is 0.148. The van der Waals surface area contributed by atoms with E-state index >= 15 is 0 Å². The first kappa shape index (κ1) is 21.7. The van der Waals surface area contributed by atoms with Crippen LogP contribution in [0.25, 0.3) is 0 Å². The van der Waals surface area contributed by atoms with Crippen LogP contribution in [0.1, 0.15) is 20.4 Å². The van der Waals surface area contributed by atoms with Crippen LogP contribution in [0.2, 0.25) is 0 Å². The van der Waals surface area contributed by atoms with Gasteiger partial charge >= 0.3 is 0 Å². The van der Waals surface area contributed by atoms with Crippen molar-refractivity contribution in [2.75, 3.05) is 31.1 Å². The second-order valence-corrected chi connectivity index (χ2v) is 8.40. The fraction of sp³-hybridized carbons (Fsp3) is 0.273. The molecule has 0 radical (unpaired) electrons. The van der Waals surface area contributed by atoms with E-state index < -0.39 is 4.92 Å². The Bertz CT molecular complexity index is 1110. The molecule has 1 aliphatic heterocycles. The molecule has 0 aliphatic carbocycles. The van der Waals surface area contributed by atoms with Gasteiger partial charge in [-0.25, -0.2) is 9.37 Å². The second-order valence-electron chi connectivity index (χ2n) is 7.32. The smallest absolute Gasteiger partial charge is 0.269 e. The highest BCUT2D eigenvalue weighted by Gasteiger charge is 2.26. The Kier molecular flexibility index (Phi) is 6.31. The Balaban J connectivity index is 1.34. The van der Waals surface area contributed by atoms with E-state index in [1.807, 2.05) is 0 Å². The molecule has 0 unspecified atom stereocenters. The summed E-state index contributed by atoms with van der Waals surface area (Å²) in [4.78, 5) is 32.4. The van der Waals surface area contributed by atoms with Gasteiger partial charge in [0.25, 0.3) is 11.6 Å². The van der Waals surface area contributed by atoms with E-state index in [1.54, 1.807) is 36.1 Å². The van der Waals surface area contributed by atoms with E-state index in [9.17, 15) is 19.3 Å². The predicted octanol–water partition coefficient (Wildman–Crippen LogP) is 4.04. The van der Waals surface area contributed by atoms with Crippen LogP contribution < -0.4 is 9.64 Å². The minimum atomic E-state index is -0.420.